The minimum atomic E-state index is -5.06. The highest BCUT2D eigenvalue weighted by atomic mass is 19.4. The standard InChI is InChI=1S/C23H19F6N3O3/c24-22(25,26)12-8-13(23(27,28)29)10-15(9-12)31-21(35)30-14-6-7-17-18(11-14)20(34)32(19(17)33)16-4-2-1-3-5-16/h6-11,16H,1-5H2,(H2,30,31,35). The second-order valence-electron chi connectivity index (χ2n) is 8.41. The average Bonchev–Trinajstić information content (AvgIpc) is 3.02. The number of rotatable bonds is 3. The smallest absolute Gasteiger partial charge is 0.308 e. The van der Waals surface area contributed by atoms with E-state index in [4.69, 9.17) is 0 Å². The van der Waals surface area contributed by atoms with E-state index in [0.717, 1.165) is 19.3 Å². The van der Waals surface area contributed by atoms with Gasteiger partial charge in [-0.1, -0.05) is 19.3 Å². The fourth-order valence-corrected chi connectivity index (χ4v) is 4.33. The van der Waals surface area contributed by atoms with Crippen LogP contribution < -0.4 is 10.6 Å². The number of imide groups is 1. The van der Waals surface area contributed by atoms with Crippen molar-refractivity contribution in [3.63, 3.8) is 0 Å². The first-order valence-corrected chi connectivity index (χ1v) is 10.7. The van der Waals surface area contributed by atoms with Gasteiger partial charge in [-0.05, 0) is 49.2 Å². The molecule has 0 unspecified atom stereocenters. The van der Waals surface area contributed by atoms with Gasteiger partial charge in [0.25, 0.3) is 11.8 Å². The minimum absolute atomic E-state index is 0.0379. The maximum atomic E-state index is 13.0. The summed E-state index contributed by atoms with van der Waals surface area (Å²) >= 11 is 0. The number of amides is 4. The van der Waals surface area contributed by atoms with Gasteiger partial charge in [0.05, 0.1) is 22.3 Å². The molecule has 4 amide bonds. The molecule has 0 atom stereocenters. The molecule has 186 valence electrons. The highest BCUT2D eigenvalue weighted by Crippen LogP contribution is 2.38. The minimum Gasteiger partial charge on any atom is -0.308 e. The number of alkyl halides is 6. The molecule has 1 heterocycles. The van der Waals surface area contributed by atoms with Gasteiger partial charge in [-0.25, -0.2) is 4.79 Å². The van der Waals surface area contributed by atoms with E-state index in [1.54, 1.807) is 0 Å². The number of fused-ring (bicyclic) bond motifs is 1. The first-order valence-electron chi connectivity index (χ1n) is 10.7. The van der Waals surface area contributed by atoms with Crippen molar-refractivity contribution in [2.24, 2.45) is 0 Å². The predicted octanol–water partition coefficient (Wildman–Crippen LogP) is 6.30. The molecule has 2 aromatic rings. The summed E-state index contributed by atoms with van der Waals surface area (Å²) in [6.07, 6.45) is -5.89. The van der Waals surface area contributed by atoms with Gasteiger partial charge in [-0.15, -0.1) is 0 Å². The topological polar surface area (TPSA) is 78.5 Å². The number of benzene rings is 2. The molecule has 1 saturated carbocycles. The second-order valence-corrected chi connectivity index (χ2v) is 8.41. The van der Waals surface area contributed by atoms with Gasteiger partial charge in [0, 0.05) is 17.4 Å². The van der Waals surface area contributed by atoms with Crippen molar-refractivity contribution in [2.75, 3.05) is 10.6 Å². The lowest BCUT2D eigenvalue weighted by molar-refractivity contribution is -0.143. The van der Waals surface area contributed by atoms with Gasteiger partial charge in [0.1, 0.15) is 0 Å². The summed E-state index contributed by atoms with van der Waals surface area (Å²) in [5.41, 5.74) is -3.60. The van der Waals surface area contributed by atoms with Crippen molar-refractivity contribution in [2.45, 2.75) is 50.5 Å². The van der Waals surface area contributed by atoms with Crippen molar-refractivity contribution >= 4 is 29.2 Å². The first-order chi connectivity index (χ1) is 16.3. The third-order valence-corrected chi connectivity index (χ3v) is 5.96. The van der Waals surface area contributed by atoms with Crippen LogP contribution in [0.2, 0.25) is 0 Å². The van der Waals surface area contributed by atoms with E-state index in [9.17, 15) is 40.7 Å². The van der Waals surface area contributed by atoms with E-state index in [2.05, 4.69) is 5.32 Å². The predicted molar refractivity (Wildman–Crippen MR) is 113 cm³/mol. The Morgan fingerprint density at radius 1 is 0.743 bits per heavy atom. The van der Waals surface area contributed by atoms with E-state index >= 15 is 0 Å². The van der Waals surface area contributed by atoms with Crippen LogP contribution in [0.25, 0.3) is 0 Å². The Morgan fingerprint density at radius 3 is 1.86 bits per heavy atom. The number of urea groups is 1. The SMILES string of the molecule is O=C(Nc1cc(C(F)(F)F)cc(C(F)(F)F)c1)Nc1ccc2c(c1)C(=O)N(C1CCCCC1)C2=O. The summed E-state index contributed by atoms with van der Waals surface area (Å²) in [7, 11) is 0. The van der Waals surface area contributed by atoms with Crippen molar-refractivity contribution in [3.8, 4) is 0 Å². The van der Waals surface area contributed by atoms with Crippen LogP contribution in [0.4, 0.5) is 42.5 Å². The molecule has 35 heavy (non-hydrogen) atoms. The van der Waals surface area contributed by atoms with Crippen LogP contribution in [-0.4, -0.2) is 28.8 Å². The van der Waals surface area contributed by atoms with Crippen molar-refractivity contribution in [3.05, 3.63) is 58.7 Å². The van der Waals surface area contributed by atoms with Crippen molar-refractivity contribution < 1.29 is 40.7 Å². The van der Waals surface area contributed by atoms with Crippen molar-refractivity contribution in [1.29, 1.82) is 0 Å². The number of nitrogens with one attached hydrogen (secondary N) is 2. The molecule has 1 aliphatic carbocycles. The van der Waals surface area contributed by atoms with Gasteiger partial charge in [-0.2, -0.15) is 26.3 Å². The number of hydrogen-bond donors (Lipinski definition) is 2. The van der Waals surface area contributed by atoms with E-state index < -0.39 is 47.0 Å². The normalized spacial score (nSPS) is 16.9. The van der Waals surface area contributed by atoms with Crippen LogP contribution in [0.5, 0.6) is 0 Å². The van der Waals surface area contributed by atoms with E-state index in [1.807, 2.05) is 5.32 Å². The maximum absolute atomic E-state index is 13.0. The number of nitrogens with zero attached hydrogens (tertiary/aromatic N) is 1. The molecule has 12 heteroatoms. The first kappa shape index (κ1) is 24.6. The summed E-state index contributed by atoms with van der Waals surface area (Å²) < 4.78 is 78.1. The van der Waals surface area contributed by atoms with Gasteiger partial charge in [-0.3, -0.25) is 14.5 Å². The van der Waals surface area contributed by atoms with E-state index in [1.165, 1.54) is 23.1 Å². The van der Waals surface area contributed by atoms with E-state index in [-0.39, 0.29) is 28.9 Å². The second kappa shape index (κ2) is 8.90. The maximum Gasteiger partial charge on any atom is 0.416 e. The molecule has 4 rings (SSSR count). The monoisotopic (exact) mass is 499 g/mol. The summed E-state index contributed by atoms with van der Waals surface area (Å²) in [4.78, 5) is 39.1. The third kappa shape index (κ3) is 5.10. The zero-order valence-corrected chi connectivity index (χ0v) is 18.0. The molecular formula is C23H19F6N3O3. The molecule has 0 radical (unpaired) electrons. The molecule has 2 aliphatic rings. The summed E-state index contributed by atoms with van der Waals surface area (Å²) in [6, 6.07) is 3.29. The molecule has 0 bridgehead atoms. The lowest BCUT2D eigenvalue weighted by Gasteiger charge is -2.29. The highest BCUT2D eigenvalue weighted by Gasteiger charge is 2.40. The molecule has 1 fully saturated rings. The molecule has 1 aliphatic heterocycles. The van der Waals surface area contributed by atoms with Gasteiger partial charge in [0.15, 0.2) is 0 Å². The molecule has 2 aromatic carbocycles. The number of halogens is 6. The van der Waals surface area contributed by atoms with Crippen molar-refractivity contribution in [1.82, 2.24) is 4.90 Å². The molecule has 0 saturated heterocycles. The Bertz CT molecular complexity index is 1150. The number of carbonyl (C=O) groups is 3. The van der Waals surface area contributed by atoms with Crippen LogP contribution in [0.1, 0.15) is 63.9 Å². The Balaban J connectivity index is 1.52. The molecule has 0 spiro atoms. The molecule has 6 nitrogen and oxygen atoms in total. The number of anilines is 2. The largest absolute Gasteiger partial charge is 0.416 e. The zero-order chi connectivity index (χ0) is 25.5. The quantitative estimate of drug-likeness (QED) is 0.385. The zero-order valence-electron chi connectivity index (χ0n) is 18.0. The fourth-order valence-electron chi connectivity index (χ4n) is 4.33. The van der Waals surface area contributed by atoms with E-state index in [0.29, 0.717) is 25.0 Å². The van der Waals surface area contributed by atoms with Gasteiger partial charge >= 0.3 is 18.4 Å². The van der Waals surface area contributed by atoms with Crippen LogP contribution in [0.3, 0.4) is 0 Å². The number of carbonyl (C=O) groups excluding carboxylic acids is 3. The lowest BCUT2D eigenvalue weighted by atomic mass is 9.94. The average molecular weight is 499 g/mol. The van der Waals surface area contributed by atoms with Gasteiger partial charge in [0.2, 0.25) is 0 Å². The molecule has 0 aromatic heterocycles. The Kier molecular flexibility index (Phi) is 6.24. The highest BCUT2D eigenvalue weighted by molar-refractivity contribution is 6.22. The fraction of sp³-hybridized carbons (Fsp3) is 0.348. The van der Waals surface area contributed by atoms with Crippen LogP contribution in [0, 0.1) is 0 Å². The Hall–Kier alpha value is -3.57. The third-order valence-electron chi connectivity index (χ3n) is 5.96. The molecular weight excluding hydrogens is 480 g/mol. The summed E-state index contributed by atoms with van der Waals surface area (Å²) in [5, 5.41) is 4.22. The molecule has 2 N–H and O–H groups in total. The lowest BCUT2D eigenvalue weighted by Crippen LogP contribution is -2.40. The Morgan fingerprint density at radius 2 is 1.29 bits per heavy atom. The van der Waals surface area contributed by atoms with Crippen LogP contribution >= 0.6 is 0 Å². The summed E-state index contributed by atoms with van der Waals surface area (Å²) in [6.45, 7) is 0. The van der Waals surface area contributed by atoms with Crippen LogP contribution in [-0.2, 0) is 12.4 Å². The number of hydrogen-bond acceptors (Lipinski definition) is 3. The van der Waals surface area contributed by atoms with Crippen LogP contribution in [0.15, 0.2) is 36.4 Å². The van der Waals surface area contributed by atoms with Gasteiger partial charge < -0.3 is 10.6 Å². The summed E-state index contributed by atoms with van der Waals surface area (Å²) in [5.74, 6) is -0.940. The Labute approximate surface area is 195 Å².